The van der Waals surface area contributed by atoms with Crippen LogP contribution in [0.1, 0.15) is 13.8 Å². The predicted octanol–water partition coefficient (Wildman–Crippen LogP) is 1.21. The molecule has 0 spiro atoms. The van der Waals surface area contributed by atoms with E-state index in [1.54, 1.807) is 6.92 Å². The molecule has 0 radical (unpaired) electrons. The van der Waals surface area contributed by atoms with Crippen LogP contribution in [0.25, 0.3) is 0 Å². The van der Waals surface area contributed by atoms with E-state index in [2.05, 4.69) is 6.58 Å². The highest BCUT2D eigenvalue weighted by Gasteiger charge is 2.01. The number of esters is 1. The van der Waals surface area contributed by atoms with Gasteiger partial charge in [0.05, 0.1) is 0 Å². The zero-order valence-electron chi connectivity index (χ0n) is 10.1. The van der Waals surface area contributed by atoms with Crippen molar-refractivity contribution in [3.8, 4) is 0 Å². The van der Waals surface area contributed by atoms with Crippen molar-refractivity contribution in [1.82, 2.24) is 4.90 Å². The van der Waals surface area contributed by atoms with Gasteiger partial charge in [-0.1, -0.05) is 13.5 Å². The monoisotopic (exact) mass is 282 g/mol. The minimum absolute atomic E-state index is 0. The summed E-state index contributed by atoms with van der Waals surface area (Å²) in [7, 11) is 3.85. The zero-order valence-corrected chi connectivity index (χ0v) is 11.8. The second-order valence-electron chi connectivity index (χ2n) is 3.13. The Morgan fingerprint density at radius 1 is 1.47 bits per heavy atom. The Morgan fingerprint density at radius 3 is 2.13 bits per heavy atom. The lowest BCUT2D eigenvalue weighted by atomic mass is 10.4. The normalized spacial score (nSPS) is 8.40. The van der Waals surface area contributed by atoms with Crippen LogP contribution in [0.2, 0.25) is 0 Å². The van der Waals surface area contributed by atoms with Crippen LogP contribution >= 0.6 is 17.0 Å². The number of nitrogens with zero attached hydrogens (tertiary/aromatic N) is 1. The summed E-state index contributed by atoms with van der Waals surface area (Å²) in [6.45, 7) is 8.93. The molecule has 0 unspecified atom stereocenters. The third-order valence-electron chi connectivity index (χ3n) is 1.12. The Kier molecular flexibility index (Phi) is 18.2. The first kappa shape index (κ1) is 20.1. The van der Waals surface area contributed by atoms with Crippen LogP contribution in [0.5, 0.6) is 0 Å². The number of hydrogen-bond donors (Lipinski definition) is 1. The molecule has 0 aromatic heterocycles. The first-order valence-electron chi connectivity index (χ1n) is 4.63. The van der Waals surface area contributed by atoms with E-state index in [-0.39, 0.29) is 23.0 Å². The molecule has 0 aliphatic carbocycles. The number of likely N-dealkylation sites (N-methyl/N-ethyl adjacent to an activating group) is 1. The molecule has 0 aliphatic rings. The molecule has 4 nitrogen and oxygen atoms in total. The summed E-state index contributed by atoms with van der Waals surface area (Å²) in [5, 5.41) is 0. The minimum atomic E-state index is -0.313. The van der Waals surface area contributed by atoms with Crippen molar-refractivity contribution >= 4 is 23.0 Å². The minimum Gasteiger partial charge on any atom is -0.461 e. The molecule has 2 N–H and O–H groups in total. The van der Waals surface area contributed by atoms with Gasteiger partial charge in [-0.05, 0) is 27.6 Å². The third kappa shape index (κ3) is 19.9. The first-order chi connectivity index (χ1) is 6.45. The first-order valence-corrected chi connectivity index (χ1v) is 4.63. The Bertz CT molecular complexity index is 173. The van der Waals surface area contributed by atoms with Crippen molar-refractivity contribution in [2.75, 3.05) is 33.8 Å². The van der Waals surface area contributed by atoms with Crippen LogP contribution in [-0.4, -0.2) is 44.7 Å². The summed E-state index contributed by atoms with van der Waals surface area (Å²) in [6.07, 6.45) is 0. The van der Waals surface area contributed by atoms with E-state index in [1.165, 1.54) is 0 Å². The van der Waals surface area contributed by atoms with E-state index in [0.29, 0.717) is 12.2 Å². The molecule has 0 bridgehead atoms. The summed E-state index contributed by atoms with van der Waals surface area (Å²) >= 11 is 0. The standard InChI is InChI=1S/C8H15NO2.C2H7N.BrH/c1-7(2)8(10)11-6-5-9(3)4;1-2-3;/h1,5-6H2,2-4H3;2-3H2,1H3;1H. The van der Waals surface area contributed by atoms with E-state index in [9.17, 15) is 4.79 Å². The van der Waals surface area contributed by atoms with E-state index >= 15 is 0 Å². The van der Waals surface area contributed by atoms with E-state index < -0.39 is 0 Å². The van der Waals surface area contributed by atoms with Gasteiger partial charge in [-0.3, -0.25) is 0 Å². The van der Waals surface area contributed by atoms with Gasteiger partial charge in [-0.2, -0.15) is 0 Å². The lowest BCUT2D eigenvalue weighted by molar-refractivity contribution is -0.139. The fourth-order valence-electron chi connectivity index (χ4n) is 0.444. The molecule has 0 aliphatic heterocycles. The van der Waals surface area contributed by atoms with Gasteiger partial charge < -0.3 is 15.4 Å². The van der Waals surface area contributed by atoms with Gasteiger partial charge in [0.15, 0.2) is 0 Å². The largest absolute Gasteiger partial charge is 0.461 e. The molecule has 0 atom stereocenters. The molecule has 5 heteroatoms. The molecular weight excluding hydrogens is 260 g/mol. The zero-order chi connectivity index (χ0) is 11.6. The van der Waals surface area contributed by atoms with Gasteiger partial charge in [-0.15, -0.1) is 17.0 Å². The molecule has 0 fully saturated rings. The molecule has 0 saturated carbocycles. The number of carbonyl (C=O) groups excluding carboxylic acids is 1. The maximum Gasteiger partial charge on any atom is 0.333 e. The number of carbonyl (C=O) groups is 1. The second-order valence-corrected chi connectivity index (χ2v) is 3.13. The fourth-order valence-corrected chi connectivity index (χ4v) is 0.444. The molecular formula is C10H23BrN2O2. The average Bonchev–Trinajstić information content (AvgIpc) is 2.04. The quantitative estimate of drug-likeness (QED) is 0.622. The summed E-state index contributed by atoms with van der Waals surface area (Å²) in [5.41, 5.74) is 5.30. The van der Waals surface area contributed by atoms with Gasteiger partial charge in [0, 0.05) is 12.1 Å². The number of halogens is 1. The Labute approximate surface area is 103 Å². The topological polar surface area (TPSA) is 55.6 Å². The molecule has 0 saturated heterocycles. The Morgan fingerprint density at radius 2 is 1.87 bits per heavy atom. The van der Waals surface area contributed by atoms with Crippen molar-refractivity contribution in [3.05, 3.63) is 12.2 Å². The highest BCUT2D eigenvalue weighted by molar-refractivity contribution is 8.93. The highest BCUT2D eigenvalue weighted by Crippen LogP contribution is 1.91. The van der Waals surface area contributed by atoms with E-state index in [1.807, 2.05) is 25.9 Å². The van der Waals surface area contributed by atoms with Crippen molar-refractivity contribution in [3.63, 3.8) is 0 Å². The van der Waals surface area contributed by atoms with Gasteiger partial charge >= 0.3 is 5.97 Å². The van der Waals surface area contributed by atoms with Crippen LogP contribution < -0.4 is 5.73 Å². The van der Waals surface area contributed by atoms with Crippen LogP contribution in [0, 0.1) is 0 Å². The lowest BCUT2D eigenvalue weighted by Crippen LogP contribution is -2.20. The molecule has 0 heterocycles. The van der Waals surface area contributed by atoms with Gasteiger partial charge in [0.2, 0.25) is 0 Å². The number of nitrogens with two attached hydrogens (primary N) is 1. The van der Waals surface area contributed by atoms with Gasteiger partial charge in [0.25, 0.3) is 0 Å². The van der Waals surface area contributed by atoms with Crippen LogP contribution in [0.3, 0.4) is 0 Å². The number of hydrogen-bond acceptors (Lipinski definition) is 4. The SMILES string of the molecule is Br.C=C(C)C(=O)OCCN(C)C.CCN. The van der Waals surface area contributed by atoms with Crippen LogP contribution in [-0.2, 0) is 9.53 Å². The van der Waals surface area contributed by atoms with Crippen molar-refractivity contribution in [1.29, 1.82) is 0 Å². The molecule has 0 aromatic rings. The van der Waals surface area contributed by atoms with E-state index in [0.717, 1.165) is 13.1 Å². The smallest absolute Gasteiger partial charge is 0.333 e. The lowest BCUT2D eigenvalue weighted by Gasteiger charge is -2.09. The summed E-state index contributed by atoms with van der Waals surface area (Å²) < 4.78 is 4.83. The van der Waals surface area contributed by atoms with E-state index in [4.69, 9.17) is 10.5 Å². The highest BCUT2D eigenvalue weighted by atomic mass is 79.9. The third-order valence-corrected chi connectivity index (χ3v) is 1.12. The predicted molar refractivity (Wildman–Crippen MR) is 69.4 cm³/mol. The summed E-state index contributed by atoms with van der Waals surface area (Å²) in [5.74, 6) is -0.313. The summed E-state index contributed by atoms with van der Waals surface area (Å²) in [6, 6.07) is 0. The van der Waals surface area contributed by atoms with Crippen LogP contribution in [0.15, 0.2) is 12.2 Å². The number of ether oxygens (including phenoxy) is 1. The Hall–Kier alpha value is -0.390. The van der Waals surface area contributed by atoms with Crippen LogP contribution in [0.4, 0.5) is 0 Å². The Balaban J connectivity index is -0.000000320. The van der Waals surface area contributed by atoms with Gasteiger partial charge in [0.1, 0.15) is 6.61 Å². The average molecular weight is 283 g/mol. The molecule has 0 amide bonds. The molecule has 15 heavy (non-hydrogen) atoms. The number of rotatable bonds is 4. The fraction of sp³-hybridized carbons (Fsp3) is 0.700. The van der Waals surface area contributed by atoms with Crippen molar-refractivity contribution in [2.24, 2.45) is 5.73 Å². The molecule has 92 valence electrons. The van der Waals surface area contributed by atoms with Crippen molar-refractivity contribution in [2.45, 2.75) is 13.8 Å². The summed E-state index contributed by atoms with van der Waals surface area (Å²) in [4.78, 5) is 12.7. The molecule has 0 rings (SSSR count). The maximum atomic E-state index is 10.8. The van der Waals surface area contributed by atoms with Crippen molar-refractivity contribution < 1.29 is 9.53 Å². The molecule has 0 aromatic carbocycles. The maximum absolute atomic E-state index is 10.8. The van der Waals surface area contributed by atoms with Gasteiger partial charge in [-0.25, -0.2) is 4.79 Å². The second kappa shape index (κ2) is 13.6.